The second-order valence-corrected chi connectivity index (χ2v) is 7.43. The van der Waals surface area contributed by atoms with Crippen LogP contribution in [0.5, 0.6) is 0 Å². The molecule has 1 aliphatic rings. The number of hydrogen-bond donors (Lipinski definition) is 1. The average Bonchev–Trinajstić information content (AvgIpc) is 2.73. The van der Waals surface area contributed by atoms with Crippen molar-refractivity contribution in [2.75, 3.05) is 5.32 Å². The highest BCUT2D eigenvalue weighted by molar-refractivity contribution is 14.1. The first-order valence-corrected chi connectivity index (χ1v) is 8.30. The van der Waals surface area contributed by atoms with Gasteiger partial charge < -0.3 is 5.32 Å². The fraction of sp³-hybridized carbons (Fsp3) is 0.286. The zero-order valence-corrected chi connectivity index (χ0v) is 13.5. The maximum atomic E-state index is 6.14. The molecular weight excluding hydrogens is 377 g/mol. The summed E-state index contributed by atoms with van der Waals surface area (Å²) in [6.07, 6.45) is 3.60. The molecule has 1 N–H and O–H groups in total. The Morgan fingerprint density at radius 3 is 3.00 bits per heavy atom. The van der Waals surface area contributed by atoms with E-state index < -0.39 is 0 Å². The smallest absolute Gasteiger partial charge is 0.0934 e. The molecule has 0 saturated heterocycles. The lowest BCUT2D eigenvalue weighted by molar-refractivity contribution is 0.608. The summed E-state index contributed by atoms with van der Waals surface area (Å²) >= 11 is 10.2. The minimum Gasteiger partial charge on any atom is -0.377 e. The maximum Gasteiger partial charge on any atom is 0.0934 e. The molecule has 2 aromatic rings. The molecule has 1 aromatic carbocycles. The number of halogens is 2. The zero-order valence-electron chi connectivity index (χ0n) is 9.75. The van der Waals surface area contributed by atoms with E-state index >= 15 is 0 Å². The summed E-state index contributed by atoms with van der Waals surface area (Å²) < 4.78 is 2.18. The fourth-order valence-electron chi connectivity index (χ4n) is 2.44. The molecule has 0 radical (unpaired) electrons. The van der Waals surface area contributed by atoms with Crippen LogP contribution in [0.15, 0.2) is 30.3 Å². The first-order valence-electron chi connectivity index (χ1n) is 6.03. The molecule has 1 heterocycles. The van der Waals surface area contributed by atoms with Crippen molar-refractivity contribution >= 4 is 51.2 Å². The summed E-state index contributed by atoms with van der Waals surface area (Å²) in [7, 11) is 0. The molecule has 0 saturated carbocycles. The van der Waals surface area contributed by atoms with Crippen LogP contribution in [0, 0.1) is 3.57 Å². The molecule has 18 heavy (non-hydrogen) atoms. The molecule has 0 amide bonds. The average molecular weight is 390 g/mol. The summed E-state index contributed by atoms with van der Waals surface area (Å²) in [4.78, 5) is 1.45. The molecule has 1 atom stereocenters. The van der Waals surface area contributed by atoms with Gasteiger partial charge in [0.2, 0.25) is 0 Å². The standard InChI is InChI=1S/C14H13ClINS/c15-14-8-9-11(6-3-7-13(9)18-14)17-12-5-2-1-4-10(12)16/h1-2,4-5,8,11,17H,3,6-7H2. The van der Waals surface area contributed by atoms with Gasteiger partial charge in [0.1, 0.15) is 0 Å². The Morgan fingerprint density at radius 2 is 2.17 bits per heavy atom. The predicted molar refractivity (Wildman–Crippen MR) is 87.8 cm³/mol. The van der Waals surface area contributed by atoms with Crippen LogP contribution >= 0.6 is 45.5 Å². The highest BCUT2D eigenvalue weighted by Gasteiger charge is 2.22. The fourth-order valence-corrected chi connectivity index (χ4v) is 4.36. The molecular formula is C14H13ClINS. The van der Waals surface area contributed by atoms with Gasteiger partial charge in [0.15, 0.2) is 0 Å². The van der Waals surface area contributed by atoms with Crippen LogP contribution in [0.25, 0.3) is 0 Å². The Kier molecular flexibility index (Phi) is 3.82. The number of nitrogens with one attached hydrogen (secondary N) is 1. The second kappa shape index (κ2) is 5.39. The van der Waals surface area contributed by atoms with Crippen molar-refractivity contribution in [2.24, 2.45) is 0 Å². The molecule has 3 rings (SSSR count). The van der Waals surface area contributed by atoms with Gasteiger partial charge in [-0.3, -0.25) is 0 Å². The number of aryl methyl sites for hydroxylation is 1. The number of thiophene rings is 1. The Morgan fingerprint density at radius 1 is 1.33 bits per heavy atom. The largest absolute Gasteiger partial charge is 0.377 e. The molecule has 1 unspecified atom stereocenters. The molecule has 0 aliphatic heterocycles. The normalized spacial score (nSPS) is 18.4. The van der Waals surface area contributed by atoms with Crippen LogP contribution in [0.4, 0.5) is 5.69 Å². The summed E-state index contributed by atoms with van der Waals surface area (Å²) in [5, 5.41) is 3.66. The minimum absolute atomic E-state index is 0.411. The third-order valence-electron chi connectivity index (χ3n) is 3.29. The summed E-state index contributed by atoms with van der Waals surface area (Å²) in [5.41, 5.74) is 2.62. The lowest BCUT2D eigenvalue weighted by atomic mass is 9.94. The van der Waals surface area contributed by atoms with Gasteiger partial charge in [-0.2, -0.15) is 0 Å². The van der Waals surface area contributed by atoms with E-state index in [0.717, 1.165) is 4.34 Å². The Hall–Kier alpha value is -0.260. The van der Waals surface area contributed by atoms with Crippen LogP contribution in [-0.4, -0.2) is 0 Å². The van der Waals surface area contributed by atoms with Crippen molar-refractivity contribution in [3.8, 4) is 0 Å². The van der Waals surface area contributed by atoms with E-state index in [0.29, 0.717) is 6.04 Å². The molecule has 0 spiro atoms. The van der Waals surface area contributed by atoms with Gasteiger partial charge in [0.25, 0.3) is 0 Å². The summed E-state index contributed by atoms with van der Waals surface area (Å²) in [5.74, 6) is 0. The molecule has 0 bridgehead atoms. The highest BCUT2D eigenvalue weighted by atomic mass is 127. The van der Waals surface area contributed by atoms with Gasteiger partial charge in [-0.15, -0.1) is 11.3 Å². The van der Waals surface area contributed by atoms with Crippen molar-refractivity contribution in [1.82, 2.24) is 0 Å². The van der Waals surface area contributed by atoms with E-state index in [1.54, 1.807) is 11.3 Å². The van der Waals surface area contributed by atoms with E-state index in [4.69, 9.17) is 11.6 Å². The maximum absolute atomic E-state index is 6.14. The van der Waals surface area contributed by atoms with Gasteiger partial charge in [-0.05, 0) is 65.6 Å². The number of hydrogen-bond acceptors (Lipinski definition) is 2. The zero-order chi connectivity index (χ0) is 12.5. The topological polar surface area (TPSA) is 12.0 Å². The third kappa shape index (κ3) is 2.53. The SMILES string of the molecule is Clc1cc2c(s1)CCCC2Nc1ccccc1I. The lowest BCUT2D eigenvalue weighted by Crippen LogP contribution is -2.16. The van der Waals surface area contributed by atoms with Gasteiger partial charge in [-0.1, -0.05) is 23.7 Å². The number of benzene rings is 1. The first-order chi connectivity index (χ1) is 8.74. The number of fused-ring (bicyclic) bond motifs is 1. The monoisotopic (exact) mass is 389 g/mol. The summed E-state index contributed by atoms with van der Waals surface area (Å²) in [6, 6.07) is 11.0. The first kappa shape index (κ1) is 12.8. The van der Waals surface area contributed by atoms with Crippen molar-refractivity contribution < 1.29 is 0 Å². The Balaban J connectivity index is 1.88. The number of para-hydroxylation sites is 1. The van der Waals surface area contributed by atoms with Gasteiger partial charge in [0.05, 0.1) is 10.4 Å². The summed E-state index contributed by atoms with van der Waals surface area (Å²) in [6.45, 7) is 0. The van der Waals surface area contributed by atoms with Crippen LogP contribution in [0.3, 0.4) is 0 Å². The van der Waals surface area contributed by atoms with Crippen LogP contribution in [0.2, 0.25) is 4.34 Å². The Labute approximate surface area is 130 Å². The van der Waals surface area contributed by atoms with Crippen LogP contribution in [-0.2, 0) is 6.42 Å². The van der Waals surface area contributed by atoms with Gasteiger partial charge in [0, 0.05) is 14.1 Å². The van der Waals surface area contributed by atoms with E-state index in [1.807, 2.05) is 0 Å². The predicted octanol–water partition coefficient (Wildman–Crippen LogP) is 5.50. The van der Waals surface area contributed by atoms with E-state index in [-0.39, 0.29) is 0 Å². The second-order valence-electron chi connectivity index (χ2n) is 4.50. The van der Waals surface area contributed by atoms with E-state index in [2.05, 4.69) is 58.2 Å². The molecule has 1 aliphatic carbocycles. The lowest BCUT2D eigenvalue weighted by Gasteiger charge is -2.25. The number of rotatable bonds is 2. The van der Waals surface area contributed by atoms with Crippen molar-refractivity contribution in [3.63, 3.8) is 0 Å². The van der Waals surface area contributed by atoms with E-state index in [1.165, 1.54) is 39.0 Å². The van der Waals surface area contributed by atoms with Crippen molar-refractivity contribution in [1.29, 1.82) is 0 Å². The van der Waals surface area contributed by atoms with Crippen LogP contribution < -0.4 is 5.32 Å². The van der Waals surface area contributed by atoms with Crippen LogP contribution in [0.1, 0.15) is 29.3 Å². The van der Waals surface area contributed by atoms with Gasteiger partial charge in [-0.25, -0.2) is 0 Å². The van der Waals surface area contributed by atoms with E-state index in [9.17, 15) is 0 Å². The molecule has 1 nitrogen and oxygen atoms in total. The van der Waals surface area contributed by atoms with Crippen molar-refractivity contribution in [3.05, 3.63) is 48.7 Å². The van der Waals surface area contributed by atoms with Gasteiger partial charge >= 0.3 is 0 Å². The third-order valence-corrected chi connectivity index (χ3v) is 5.57. The number of anilines is 1. The molecule has 1 aromatic heterocycles. The molecule has 4 heteroatoms. The molecule has 94 valence electrons. The minimum atomic E-state index is 0.411. The van der Waals surface area contributed by atoms with Crippen molar-refractivity contribution in [2.45, 2.75) is 25.3 Å². The quantitative estimate of drug-likeness (QED) is 0.669. The highest BCUT2D eigenvalue weighted by Crippen LogP contribution is 2.39. The molecule has 0 fully saturated rings. The Bertz CT molecular complexity index is 567.